The molecule has 0 saturated heterocycles. The van der Waals surface area contributed by atoms with Crippen molar-refractivity contribution in [2.75, 3.05) is 0 Å². The van der Waals surface area contributed by atoms with Crippen molar-refractivity contribution >= 4 is 0 Å². The monoisotopic (exact) mass is 270 g/mol. The van der Waals surface area contributed by atoms with Crippen molar-refractivity contribution in [3.05, 3.63) is 59.3 Å². The van der Waals surface area contributed by atoms with Gasteiger partial charge in [0, 0.05) is 5.92 Å². The van der Waals surface area contributed by atoms with Crippen LogP contribution in [0.3, 0.4) is 0 Å². The van der Waals surface area contributed by atoms with Crippen LogP contribution in [0.2, 0.25) is 0 Å². The summed E-state index contributed by atoms with van der Waals surface area (Å²) < 4.78 is 0. The van der Waals surface area contributed by atoms with Crippen molar-refractivity contribution in [1.29, 1.82) is 0 Å². The fraction of sp³-hybridized carbons (Fsp3) is 0.500. The van der Waals surface area contributed by atoms with Crippen LogP contribution in [-0.2, 0) is 0 Å². The Labute approximate surface area is 125 Å². The molecule has 0 N–H and O–H groups in total. The summed E-state index contributed by atoms with van der Waals surface area (Å²) in [6, 6.07) is 0. The Morgan fingerprint density at radius 1 is 1.20 bits per heavy atom. The molecule has 0 bridgehead atoms. The topological polar surface area (TPSA) is 0 Å². The molecule has 20 heavy (non-hydrogen) atoms. The van der Waals surface area contributed by atoms with Crippen LogP contribution < -0.4 is 0 Å². The average molecular weight is 270 g/mol. The smallest absolute Gasteiger partial charge is 0.00285 e. The lowest BCUT2D eigenvalue weighted by atomic mass is 9.68. The molecule has 0 amide bonds. The Bertz CT molecular complexity index is 464. The fourth-order valence-electron chi connectivity index (χ4n) is 2.73. The van der Waals surface area contributed by atoms with Crippen LogP contribution in [0, 0.1) is 11.3 Å². The highest BCUT2D eigenvalue weighted by Gasteiger charge is 2.30. The van der Waals surface area contributed by atoms with Gasteiger partial charge in [0.2, 0.25) is 0 Å². The molecule has 0 aliphatic heterocycles. The summed E-state index contributed by atoms with van der Waals surface area (Å²) in [6.45, 7) is 13.4. The van der Waals surface area contributed by atoms with Crippen molar-refractivity contribution in [2.24, 2.45) is 11.3 Å². The van der Waals surface area contributed by atoms with E-state index >= 15 is 0 Å². The predicted molar refractivity (Wildman–Crippen MR) is 91.7 cm³/mol. The first kappa shape index (κ1) is 16.8. The summed E-state index contributed by atoms with van der Waals surface area (Å²) in [5.41, 5.74) is 4.50. The lowest BCUT2D eigenvalue weighted by Gasteiger charge is -2.36. The van der Waals surface area contributed by atoms with E-state index in [-0.39, 0.29) is 0 Å². The highest BCUT2D eigenvalue weighted by atomic mass is 14.3. The molecule has 0 heteroatoms. The maximum Gasteiger partial charge on any atom is 0.00285 e. The molecular weight excluding hydrogens is 240 g/mol. The standard InChI is InChI=1S/C20H30/c1-7-16(2)10-8-11-17(3)13-14-19-18(4)12-9-15-20(19,5)6/h7-8,10-14,19H,9,15H2,1-6H3/b10-8+,14-13+,16-7+,17-11+. The third-order valence-electron chi connectivity index (χ3n) is 4.31. The summed E-state index contributed by atoms with van der Waals surface area (Å²) in [5, 5.41) is 0. The Hall–Kier alpha value is -1.30. The summed E-state index contributed by atoms with van der Waals surface area (Å²) in [7, 11) is 0. The summed E-state index contributed by atoms with van der Waals surface area (Å²) in [6.07, 6.45) is 18.1. The molecule has 1 unspecified atom stereocenters. The number of allylic oxidation sites excluding steroid dienone is 10. The minimum Gasteiger partial charge on any atom is -0.0850 e. The number of hydrogen-bond acceptors (Lipinski definition) is 0. The molecule has 0 aromatic carbocycles. The van der Waals surface area contributed by atoms with Crippen molar-refractivity contribution in [1.82, 2.24) is 0 Å². The van der Waals surface area contributed by atoms with Gasteiger partial charge in [-0.1, -0.05) is 73.1 Å². The minimum atomic E-state index is 0.382. The van der Waals surface area contributed by atoms with Gasteiger partial charge in [0.15, 0.2) is 0 Å². The van der Waals surface area contributed by atoms with E-state index in [9.17, 15) is 0 Å². The largest absolute Gasteiger partial charge is 0.0850 e. The fourth-order valence-corrected chi connectivity index (χ4v) is 2.73. The molecule has 0 aromatic rings. The van der Waals surface area contributed by atoms with Crippen LogP contribution in [-0.4, -0.2) is 0 Å². The van der Waals surface area contributed by atoms with Crippen LogP contribution in [0.15, 0.2) is 59.3 Å². The Morgan fingerprint density at radius 2 is 1.90 bits per heavy atom. The maximum atomic E-state index is 2.40. The van der Waals surface area contributed by atoms with Crippen LogP contribution in [0.25, 0.3) is 0 Å². The van der Waals surface area contributed by atoms with Crippen LogP contribution in [0.5, 0.6) is 0 Å². The van der Waals surface area contributed by atoms with E-state index < -0.39 is 0 Å². The third-order valence-corrected chi connectivity index (χ3v) is 4.31. The molecule has 1 aliphatic carbocycles. The van der Waals surface area contributed by atoms with Crippen molar-refractivity contribution in [3.63, 3.8) is 0 Å². The molecular formula is C20H30. The van der Waals surface area contributed by atoms with Gasteiger partial charge in [-0.15, -0.1) is 0 Å². The van der Waals surface area contributed by atoms with Crippen molar-refractivity contribution in [3.8, 4) is 0 Å². The zero-order chi connectivity index (χ0) is 15.2. The normalized spacial score (nSPS) is 24.5. The molecule has 110 valence electrons. The van der Waals surface area contributed by atoms with Gasteiger partial charge in [-0.2, -0.15) is 0 Å². The highest BCUT2D eigenvalue weighted by molar-refractivity contribution is 5.28. The van der Waals surface area contributed by atoms with Gasteiger partial charge in [-0.3, -0.25) is 0 Å². The first-order valence-electron chi connectivity index (χ1n) is 7.69. The first-order valence-corrected chi connectivity index (χ1v) is 7.69. The van der Waals surface area contributed by atoms with Gasteiger partial charge in [-0.05, 0) is 46.0 Å². The second kappa shape index (κ2) is 7.47. The lowest BCUT2D eigenvalue weighted by molar-refractivity contribution is 0.255. The van der Waals surface area contributed by atoms with Gasteiger partial charge in [0.25, 0.3) is 0 Å². The molecule has 1 atom stereocenters. The molecule has 1 aliphatic rings. The Morgan fingerprint density at radius 3 is 2.50 bits per heavy atom. The minimum absolute atomic E-state index is 0.382. The van der Waals surface area contributed by atoms with Crippen molar-refractivity contribution < 1.29 is 0 Å². The molecule has 0 nitrogen and oxygen atoms in total. The number of hydrogen-bond donors (Lipinski definition) is 0. The third kappa shape index (κ3) is 5.00. The zero-order valence-corrected chi connectivity index (χ0v) is 14.0. The molecule has 0 saturated carbocycles. The Balaban J connectivity index is 2.76. The van der Waals surface area contributed by atoms with Crippen LogP contribution in [0.4, 0.5) is 0 Å². The summed E-state index contributed by atoms with van der Waals surface area (Å²) in [5.74, 6) is 0.570. The molecule has 0 spiro atoms. The second-order valence-electron chi connectivity index (χ2n) is 6.61. The maximum absolute atomic E-state index is 2.40. The molecule has 0 heterocycles. The molecule has 0 aromatic heterocycles. The Kier molecular flexibility index (Phi) is 6.26. The lowest BCUT2D eigenvalue weighted by Crippen LogP contribution is -2.26. The van der Waals surface area contributed by atoms with Gasteiger partial charge >= 0.3 is 0 Å². The summed E-state index contributed by atoms with van der Waals surface area (Å²) in [4.78, 5) is 0. The van der Waals surface area contributed by atoms with E-state index in [4.69, 9.17) is 0 Å². The van der Waals surface area contributed by atoms with E-state index in [2.05, 4.69) is 84.1 Å². The van der Waals surface area contributed by atoms with Crippen LogP contribution >= 0.6 is 0 Å². The van der Waals surface area contributed by atoms with Gasteiger partial charge in [0.1, 0.15) is 0 Å². The molecule has 0 radical (unpaired) electrons. The zero-order valence-electron chi connectivity index (χ0n) is 14.0. The molecule has 0 fully saturated rings. The number of rotatable bonds is 4. The summed E-state index contributed by atoms with van der Waals surface area (Å²) >= 11 is 0. The van der Waals surface area contributed by atoms with E-state index in [0.29, 0.717) is 11.3 Å². The van der Waals surface area contributed by atoms with E-state index in [1.165, 1.54) is 29.6 Å². The second-order valence-corrected chi connectivity index (χ2v) is 6.61. The average Bonchev–Trinajstić information content (AvgIpc) is 2.37. The predicted octanol–water partition coefficient (Wildman–Crippen LogP) is 6.39. The van der Waals surface area contributed by atoms with Gasteiger partial charge < -0.3 is 0 Å². The quantitative estimate of drug-likeness (QED) is 0.410. The first-order chi connectivity index (χ1) is 9.36. The van der Waals surface area contributed by atoms with E-state index in [1.54, 1.807) is 0 Å². The van der Waals surface area contributed by atoms with Crippen molar-refractivity contribution in [2.45, 2.75) is 54.4 Å². The van der Waals surface area contributed by atoms with E-state index in [0.717, 1.165) is 0 Å². The van der Waals surface area contributed by atoms with E-state index in [1.807, 2.05) is 0 Å². The molecule has 1 rings (SSSR count). The van der Waals surface area contributed by atoms with Gasteiger partial charge in [0.05, 0.1) is 0 Å². The van der Waals surface area contributed by atoms with Crippen LogP contribution in [0.1, 0.15) is 54.4 Å². The highest BCUT2D eigenvalue weighted by Crippen LogP contribution is 2.41. The SMILES string of the molecule is C/C=C(C)/C=C/C=C(C)/C=C/C1C(C)=CCCC1(C)C. The van der Waals surface area contributed by atoms with Gasteiger partial charge in [-0.25, -0.2) is 0 Å².